The van der Waals surface area contributed by atoms with E-state index in [0.717, 1.165) is 67.7 Å². The molecule has 2 aliphatic rings. The molecule has 7 nitrogen and oxygen atoms in total. The molecule has 1 saturated carbocycles. The zero-order chi connectivity index (χ0) is 22.1. The standard InChI is InChI=1S/C23H26Cl2N6O/c24-16-8-17(25)10-18(9-16)29-21(15-4-5-15)20(32)7-14-3-1-2-6-31(12-14)23-19-11-28-30-22(19)26-13-27-23/h8-11,13-15,21,29H,1-7,12H2,(H,26,27,28,30)/t14?,21-/m1/s1. The quantitative estimate of drug-likeness (QED) is 0.496. The van der Waals surface area contributed by atoms with Crippen LogP contribution in [0.3, 0.4) is 0 Å². The Morgan fingerprint density at radius 1 is 1.16 bits per heavy atom. The van der Waals surface area contributed by atoms with E-state index in [1.807, 2.05) is 12.1 Å². The van der Waals surface area contributed by atoms with Gasteiger partial charge >= 0.3 is 0 Å². The van der Waals surface area contributed by atoms with Crippen molar-refractivity contribution in [1.29, 1.82) is 0 Å². The van der Waals surface area contributed by atoms with Gasteiger partial charge in [0.15, 0.2) is 11.4 Å². The van der Waals surface area contributed by atoms with E-state index in [9.17, 15) is 4.79 Å². The van der Waals surface area contributed by atoms with Crippen LogP contribution in [-0.2, 0) is 4.79 Å². The molecule has 1 unspecified atom stereocenters. The number of hydrogen-bond donors (Lipinski definition) is 2. The maximum Gasteiger partial charge on any atom is 0.160 e. The highest BCUT2D eigenvalue weighted by Gasteiger charge is 2.37. The van der Waals surface area contributed by atoms with Crippen LogP contribution in [0.15, 0.2) is 30.7 Å². The first kappa shape index (κ1) is 21.5. The van der Waals surface area contributed by atoms with Crippen LogP contribution in [0.25, 0.3) is 11.0 Å². The molecule has 2 fully saturated rings. The second-order valence-corrected chi connectivity index (χ2v) is 9.80. The largest absolute Gasteiger partial charge is 0.375 e. The highest BCUT2D eigenvalue weighted by molar-refractivity contribution is 6.35. The minimum atomic E-state index is -0.194. The van der Waals surface area contributed by atoms with Crippen molar-refractivity contribution in [3.8, 4) is 0 Å². The second-order valence-electron chi connectivity index (χ2n) is 8.93. The number of H-pyrrole nitrogens is 1. The van der Waals surface area contributed by atoms with Gasteiger partial charge in [-0.05, 0) is 55.7 Å². The number of carbonyl (C=O) groups is 1. The number of halogens is 2. The van der Waals surface area contributed by atoms with Crippen LogP contribution >= 0.6 is 23.2 Å². The summed E-state index contributed by atoms with van der Waals surface area (Å²) in [5.74, 6) is 1.84. The third-order valence-electron chi connectivity index (χ3n) is 6.41. The van der Waals surface area contributed by atoms with Crippen molar-refractivity contribution < 1.29 is 4.79 Å². The molecule has 1 aliphatic carbocycles. The van der Waals surface area contributed by atoms with Gasteiger partial charge in [0.2, 0.25) is 0 Å². The monoisotopic (exact) mass is 472 g/mol. The lowest BCUT2D eigenvalue weighted by atomic mass is 9.92. The lowest BCUT2D eigenvalue weighted by Crippen LogP contribution is -2.36. The molecule has 2 N–H and O–H groups in total. The van der Waals surface area contributed by atoms with Gasteiger partial charge in [-0.3, -0.25) is 9.89 Å². The molecule has 168 valence electrons. The molecule has 0 radical (unpaired) electrons. The smallest absolute Gasteiger partial charge is 0.160 e. The number of ketones is 1. The van der Waals surface area contributed by atoms with Crippen LogP contribution in [0.4, 0.5) is 11.5 Å². The minimum absolute atomic E-state index is 0.194. The average molecular weight is 473 g/mol. The molecule has 32 heavy (non-hydrogen) atoms. The molecule has 0 spiro atoms. The molecule has 2 aromatic heterocycles. The Morgan fingerprint density at radius 2 is 1.97 bits per heavy atom. The summed E-state index contributed by atoms with van der Waals surface area (Å²) in [4.78, 5) is 24.5. The molecule has 1 saturated heterocycles. The fourth-order valence-electron chi connectivity index (χ4n) is 4.71. The first-order valence-electron chi connectivity index (χ1n) is 11.2. The SMILES string of the molecule is O=C(CC1CCCCN(c2ncnc3[nH]ncc23)C1)[C@H](Nc1cc(Cl)cc(Cl)c1)C1CC1. The lowest BCUT2D eigenvalue weighted by molar-refractivity contribution is -0.121. The van der Waals surface area contributed by atoms with Crippen LogP contribution in [0.5, 0.6) is 0 Å². The summed E-state index contributed by atoms with van der Waals surface area (Å²) in [7, 11) is 0. The zero-order valence-corrected chi connectivity index (χ0v) is 19.2. The number of nitrogens with zero attached hydrogens (tertiary/aromatic N) is 4. The molecular formula is C23H26Cl2N6O. The number of aromatic nitrogens is 4. The topological polar surface area (TPSA) is 86.8 Å². The fourth-order valence-corrected chi connectivity index (χ4v) is 5.24. The minimum Gasteiger partial charge on any atom is -0.375 e. The number of fused-ring (bicyclic) bond motifs is 1. The van der Waals surface area contributed by atoms with Gasteiger partial charge < -0.3 is 10.2 Å². The van der Waals surface area contributed by atoms with Crippen LogP contribution in [-0.4, -0.2) is 45.1 Å². The van der Waals surface area contributed by atoms with Crippen molar-refractivity contribution in [3.05, 3.63) is 40.8 Å². The predicted molar refractivity (Wildman–Crippen MR) is 127 cm³/mol. The molecule has 9 heteroatoms. The molecule has 3 aromatic rings. The highest BCUT2D eigenvalue weighted by atomic mass is 35.5. The van der Waals surface area contributed by atoms with E-state index >= 15 is 0 Å². The number of carbonyl (C=O) groups excluding carboxylic acids is 1. The molecular weight excluding hydrogens is 447 g/mol. The lowest BCUT2D eigenvalue weighted by Gasteiger charge is -2.27. The van der Waals surface area contributed by atoms with Crippen molar-refractivity contribution in [2.24, 2.45) is 11.8 Å². The molecule has 1 aliphatic heterocycles. The highest BCUT2D eigenvalue weighted by Crippen LogP contribution is 2.37. The Balaban J connectivity index is 1.30. The molecule has 0 bridgehead atoms. The van der Waals surface area contributed by atoms with Gasteiger partial charge in [-0.1, -0.05) is 29.6 Å². The van der Waals surface area contributed by atoms with Gasteiger partial charge in [0, 0.05) is 35.2 Å². The van der Waals surface area contributed by atoms with E-state index in [1.54, 1.807) is 18.6 Å². The van der Waals surface area contributed by atoms with Crippen molar-refractivity contribution >= 4 is 51.5 Å². The van der Waals surface area contributed by atoms with Crippen molar-refractivity contribution in [2.45, 2.75) is 44.6 Å². The van der Waals surface area contributed by atoms with Crippen LogP contribution in [0, 0.1) is 11.8 Å². The van der Waals surface area contributed by atoms with E-state index in [1.165, 1.54) is 0 Å². The van der Waals surface area contributed by atoms with E-state index in [2.05, 4.69) is 30.4 Å². The summed E-state index contributed by atoms with van der Waals surface area (Å²) in [5.41, 5.74) is 1.55. The number of benzene rings is 1. The van der Waals surface area contributed by atoms with Gasteiger partial charge in [0.1, 0.15) is 12.1 Å². The number of Topliss-reactive ketones (excluding diaryl/α,β-unsaturated/α-hetero) is 1. The van der Waals surface area contributed by atoms with E-state index in [4.69, 9.17) is 23.2 Å². The molecule has 2 atom stereocenters. The number of nitrogens with one attached hydrogen (secondary N) is 2. The summed E-state index contributed by atoms with van der Waals surface area (Å²) < 4.78 is 0. The maximum absolute atomic E-state index is 13.4. The Bertz CT molecular complexity index is 1090. The predicted octanol–water partition coefficient (Wildman–Crippen LogP) is 5.12. The van der Waals surface area contributed by atoms with Gasteiger partial charge in [0.25, 0.3) is 0 Å². The second kappa shape index (κ2) is 9.24. The summed E-state index contributed by atoms with van der Waals surface area (Å²) in [6.07, 6.45) is 9.30. The number of rotatable bonds is 7. The average Bonchev–Trinajstić information content (AvgIpc) is 3.52. The molecule has 0 amide bonds. The van der Waals surface area contributed by atoms with Gasteiger partial charge in [0.05, 0.1) is 17.6 Å². The third-order valence-corrected chi connectivity index (χ3v) is 6.85. The molecule has 1 aromatic carbocycles. The number of aromatic amines is 1. The normalized spacial score (nSPS) is 20.2. The molecule has 5 rings (SSSR count). The first-order chi connectivity index (χ1) is 15.6. The summed E-state index contributed by atoms with van der Waals surface area (Å²) >= 11 is 12.3. The summed E-state index contributed by atoms with van der Waals surface area (Å²) in [5, 5.41) is 12.5. The van der Waals surface area contributed by atoms with Crippen molar-refractivity contribution in [1.82, 2.24) is 20.2 Å². The van der Waals surface area contributed by atoms with Gasteiger partial charge in [-0.2, -0.15) is 5.10 Å². The number of anilines is 2. The first-order valence-corrected chi connectivity index (χ1v) is 12.0. The maximum atomic E-state index is 13.4. The summed E-state index contributed by atoms with van der Waals surface area (Å²) in [6.45, 7) is 1.73. The van der Waals surface area contributed by atoms with E-state index in [0.29, 0.717) is 22.4 Å². The van der Waals surface area contributed by atoms with Gasteiger partial charge in [-0.15, -0.1) is 0 Å². The number of hydrogen-bond acceptors (Lipinski definition) is 6. The van der Waals surface area contributed by atoms with E-state index in [-0.39, 0.29) is 17.7 Å². The fraction of sp³-hybridized carbons (Fsp3) is 0.478. The van der Waals surface area contributed by atoms with Gasteiger partial charge in [-0.25, -0.2) is 9.97 Å². The Hall–Kier alpha value is -2.38. The van der Waals surface area contributed by atoms with Crippen molar-refractivity contribution in [2.75, 3.05) is 23.3 Å². The van der Waals surface area contributed by atoms with E-state index < -0.39 is 0 Å². The summed E-state index contributed by atoms with van der Waals surface area (Å²) in [6, 6.07) is 5.16. The van der Waals surface area contributed by atoms with Crippen LogP contribution in [0.2, 0.25) is 10.0 Å². The molecule has 3 heterocycles. The van der Waals surface area contributed by atoms with Crippen LogP contribution in [0.1, 0.15) is 38.5 Å². The zero-order valence-electron chi connectivity index (χ0n) is 17.7. The van der Waals surface area contributed by atoms with Crippen LogP contribution < -0.4 is 10.2 Å². The van der Waals surface area contributed by atoms with Crippen molar-refractivity contribution in [3.63, 3.8) is 0 Å². The Kier molecular flexibility index (Phi) is 6.20. The Morgan fingerprint density at radius 3 is 2.75 bits per heavy atom. The third kappa shape index (κ3) is 4.84. The Labute approximate surface area is 196 Å².